The van der Waals surface area contributed by atoms with Crippen molar-refractivity contribution < 1.29 is 9.90 Å². The number of hydrogen-bond donors (Lipinski definition) is 2. The molecule has 1 rings (SSSR count). The van der Waals surface area contributed by atoms with Crippen LogP contribution in [-0.2, 0) is 4.79 Å². The van der Waals surface area contributed by atoms with Crippen LogP contribution in [0.1, 0.15) is 39.5 Å². The number of aliphatic hydroxyl groups excluding tert-OH is 1. The Balaban J connectivity index is 2.57. The van der Waals surface area contributed by atoms with Crippen LogP contribution in [0.4, 0.5) is 0 Å². The molecule has 0 radical (unpaired) electrons. The molecule has 1 aliphatic rings. The van der Waals surface area contributed by atoms with Gasteiger partial charge in [-0.15, -0.1) is 0 Å². The molecule has 0 aliphatic heterocycles. The van der Waals surface area contributed by atoms with E-state index in [-0.39, 0.29) is 29.5 Å². The van der Waals surface area contributed by atoms with Crippen molar-refractivity contribution in [2.45, 2.75) is 45.6 Å². The second-order valence-corrected chi connectivity index (χ2v) is 4.65. The average Bonchev–Trinajstić information content (AvgIpc) is 2.18. The first-order valence-corrected chi connectivity index (χ1v) is 5.70. The lowest BCUT2D eigenvalue weighted by molar-refractivity contribution is -0.125. The zero-order valence-corrected chi connectivity index (χ0v) is 9.62. The second kappa shape index (κ2) is 5.19. The largest absolute Gasteiger partial charge is 0.513 e. The van der Waals surface area contributed by atoms with Crippen LogP contribution in [0.3, 0.4) is 0 Å². The molecule has 15 heavy (non-hydrogen) atoms. The lowest BCUT2D eigenvalue weighted by Crippen LogP contribution is -2.44. The summed E-state index contributed by atoms with van der Waals surface area (Å²) in [6.07, 6.45) is 4.10. The first kappa shape index (κ1) is 12.1. The Morgan fingerprint density at radius 1 is 1.40 bits per heavy atom. The summed E-state index contributed by atoms with van der Waals surface area (Å²) in [5.74, 6) is 0.317. The Labute approximate surface area is 91.6 Å². The van der Waals surface area contributed by atoms with Gasteiger partial charge in [-0.25, -0.2) is 0 Å². The van der Waals surface area contributed by atoms with Crippen LogP contribution >= 0.6 is 0 Å². The lowest BCUT2D eigenvalue weighted by atomic mass is 9.83. The molecule has 1 amide bonds. The topological polar surface area (TPSA) is 49.3 Å². The van der Waals surface area contributed by atoms with E-state index in [1.807, 2.05) is 13.8 Å². The predicted octanol–water partition coefficient (Wildman–Crippen LogP) is 2.39. The zero-order valence-electron chi connectivity index (χ0n) is 9.62. The maximum Gasteiger partial charge on any atom is 0.222 e. The smallest absolute Gasteiger partial charge is 0.222 e. The standard InChI is InChI=1S/C12H21NO2/c1-8(2)12(15)13-11-7-5-4-6-10(11)9(3)14/h8,10-11,14H,3-7H2,1-2H3,(H,13,15). The van der Waals surface area contributed by atoms with Crippen LogP contribution in [0.2, 0.25) is 0 Å². The van der Waals surface area contributed by atoms with Crippen LogP contribution in [0.15, 0.2) is 12.3 Å². The Morgan fingerprint density at radius 2 is 2.00 bits per heavy atom. The summed E-state index contributed by atoms with van der Waals surface area (Å²) in [4.78, 5) is 11.6. The van der Waals surface area contributed by atoms with E-state index in [0.717, 1.165) is 25.7 Å². The molecule has 0 saturated heterocycles. The number of amides is 1. The van der Waals surface area contributed by atoms with E-state index in [1.54, 1.807) is 0 Å². The van der Waals surface area contributed by atoms with Crippen molar-refractivity contribution >= 4 is 5.91 Å². The van der Waals surface area contributed by atoms with Gasteiger partial charge in [0.25, 0.3) is 0 Å². The van der Waals surface area contributed by atoms with Gasteiger partial charge in [0.2, 0.25) is 5.91 Å². The minimum absolute atomic E-state index is 0.000431. The molecule has 2 unspecified atom stereocenters. The van der Waals surface area contributed by atoms with E-state index in [0.29, 0.717) is 0 Å². The summed E-state index contributed by atoms with van der Waals surface area (Å²) in [7, 11) is 0. The highest BCUT2D eigenvalue weighted by molar-refractivity contribution is 5.78. The average molecular weight is 211 g/mol. The molecule has 3 heteroatoms. The third-order valence-electron chi connectivity index (χ3n) is 3.05. The van der Waals surface area contributed by atoms with Gasteiger partial charge in [0.15, 0.2) is 0 Å². The van der Waals surface area contributed by atoms with Gasteiger partial charge < -0.3 is 10.4 Å². The molecule has 1 saturated carbocycles. The van der Waals surface area contributed by atoms with Gasteiger partial charge in [0, 0.05) is 17.9 Å². The Bertz CT molecular complexity index is 248. The van der Waals surface area contributed by atoms with Crippen LogP contribution in [0, 0.1) is 11.8 Å². The van der Waals surface area contributed by atoms with Crippen LogP contribution in [0.25, 0.3) is 0 Å². The summed E-state index contributed by atoms with van der Waals surface area (Å²) in [5.41, 5.74) is 0. The molecule has 0 bridgehead atoms. The molecule has 0 aromatic rings. The van der Waals surface area contributed by atoms with Crippen LogP contribution in [0.5, 0.6) is 0 Å². The van der Waals surface area contributed by atoms with E-state index < -0.39 is 0 Å². The normalized spacial score (nSPS) is 26.3. The summed E-state index contributed by atoms with van der Waals surface area (Å²) in [5, 5.41) is 12.4. The van der Waals surface area contributed by atoms with E-state index in [9.17, 15) is 9.90 Å². The van der Waals surface area contributed by atoms with Crippen LogP contribution in [-0.4, -0.2) is 17.1 Å². The van der Waals surface area contributed by atoms with Crippen molar-refractivity contribution in [2.75, 3.05) is 0 Å². The fourth-order valence-electron chi connectivity index (χ4n) is 2.05. The number of hydrogen-bond acceptors (Lipinski definition) is 2. The molecule has 2 N–H and O–H groups in total. The van der Waals surface area contributed by atoms with Gasteiger partial charge in [0.05, 0.1) is 5.76 Å². The molecule has 0 aromatic carbocycles. The van der Waals surface area contributed by atoms with E-state index in [2.05, 4.69) is 11.9 Å². The molecular formula is C12H21NO2. The number of carbonyl (C=O) groups excluding carboxylic acids is 1. The van der Waals surface area contributed by atoms with Crippen molar-refractivity contribution in [3.63, 3.8) is 0 Å². The van der Waals surface area contributed by atoms with Gasteiger partial charge in [-0.2, -0.15) is 0 Å². The summed E-state index contributed by atoms with van der Waals surface area (Å²) < 4.78 is 0. The van der Waals surface area contributed by atoms with Gasteiger partial charge in [-0.3, -0.25) is 4.79 Å². The quantitative estimate of drug-likeness (QED) is 0.704. The maximum absolute atomic E-state index is 11.6. The lowest BCUT2D eigenvalue weighted by Gasteiger charge is -2.31. The molecule has 2 atom stereocenters. The summed E-state index contributed by atoms with van der Waals surface area (Å²) in [6.45, 7) is 7.34. The molecule has 86 valence electrons. The SMILES string of the molecule is C=C(O)C1CCCCC1NC(=O)C(C)C. The van der Waals surface area contributed by atoms with Gasteiger partial charge in [-0.05, 0) is 12.8 Å². The van der Waals surface area contributed by atoms with Crippen molar-refractivity contribution in [3.05, 3.63) is 12.3 Å². The molecular weight excluding hydrogens is 190 g/mol. The van der Waals surface area contributed by atoms with Crippen molar-refractivity contribution in [1.82, 2.24) is 5.32 Å². The highest BCUT2D eigenvalue weighted by atomic mass is 16.3. The minimum atomic E-state index is -0.000431. The fraction of sp³-hybridized carbons (Fsp3) is 0.750. The predicted molar refractivity (Wildman–Crippen MR) is 60.5 cm³/mol. The Hall–Kier alpha value is -0.990. The van der Waals surface area contributed by atoms with Crippen LogP contribution < -0.4 is 5.32 Å². The van der Waals surface area contributed by atoms with Crippen molar-refractivity contribution in [2.24, 2.45) is 11.8 Å². The first-order chi connectivity index (χ1) is 7.02. The number of aliphatic hydroxyl groups is 1. The van der Waals surface area contributed by atoms with E-state index in [1.165, 1.54) is 0 Å². The number of rotatable bonds is 3. The van der Waals surface area contributed by atoms with Gasteiger partial charge in [0.1, 0.15) is 0 Å². The fourth-order valence-corrected chi connectivity index (χ4v) is 2.05. The Kier molecular flexibility index (Phi) is 4.18. The molecule has 1 fully saturated rings. The third kappa shape index (κ3) is 3.26. The summed E-state index contributed by atoms with van der Waals surface area (Å²) in [6, 6.07) is 0.0751. The van der Waals surface area contributed by atoms with Gasteiger partial charge in [-0.1, -0.05) is 33.3 Å². The zero-order chi connectivity index (χ0) is 11.4. The number of nitrogens with one attached hydrogen (secondary N) is 1. The first-order valence-electron chi connectivity index (χ1n) is 5.70. The minimum Gasteiger partial charge on any atom is -0.513 e. The molecule has 3 nitrogen and oxygen atoms in total. The maximum atomic E-state index is 11.6. The second-order valence-electron chi connectivity index (χ2n) is 4.65. The molecule has 0 heterocycles. The molecule has 1 aliphatic carbocycles. The van der Waals surface area contributed by atoms with E-state index in [4.69, 9.17) is 0 Å². The van der Waals surface area contributed by atoms with Gasteiger partial charge >= 0.3 is 0 Å². The molecule has 0 aromatic heterocycles. The third-order valence-corrected chi connectivity index (χ3v) is 3.05. The highest BCUT2D eigenvalue weighted by Crippen LogP contribution is 2.28. The monoisotopic (exact) mass is 211 g/mol. The van der Waals surface area contributed by atoms with Crippen molar-refractivity contribution in [1.29, 1.82) is 0 Å². The van der Waals surface area contributed by atoms with E-state index >= 15 is 0 Å². The highest BCUT2D eigenvalue weighted by Gasteiger charge is 2.28. The molecule has 0 spiro atoms. The Morgan fingerprint density at radius 3 is 2.53 bits per heavy atom. The van der Waals surface area contributed by atoms with Crippen molar-refractivity contribution in [3.8, 4) is 0 Å². The number of carbonyl (C=O) groups is 1. The summed E-state index contributed by atoms with van der Waals surface area (Å²) >= 11 is 0.